The molecule has 33 heavy (non-hydrogen) atoms. The number of hydrogen-bond acceptors (Lipinski definition) is 5. The van der Waals surface area contributed by atoms with Crippen LogP contribution in [0.5, 0.6) is 0 Å². The van der Waals surface area contributed by atoms with Gasteiger partial charge >= 0.3 is 0 Å². The molecule has 0 spiro atoms. The van der Waals surface area contributed by atoms with Crippen molar-refractivity contribution in [1.82, 2.24) is 14.5 Å². The number of sulfonamides is 1. The molecular weight excluding hydrogens is 440 g/mol. The molecule has 0 aliphatic carbocycles. The molecule has 1 unspecified atom stereocenters. The van der Waals surface area contributed by atoms with Crippen LogP contribution in [0.15, 0.2) is 29.2 Å². The van der Waals surface area contributed by atoms with E-state index in [4.69, 9.17) is 0 Å². The quantitative estimate of drug-likeness (QED) is 0.599. The SMILES string of the molecule is CC(C)C(=O)NCC1CCCN(CC(=O)Nc2ccc(S(=O)(=O)N3CCCCCC3)cc2)C1. The molecule has 2 aliphatic heterocycles. The molecule has 0 saturated carbocycles. The van der Waals surface area contributed by atoms with E-state index in [9.17, 15) is 18.0 Å². The molecule has 2 N–H and O–H groups in total. The van der Waals surface area contributed by atoms with Gasteiger partial charge in [-0.25, -0.2) is 8.42 Å². The van der Waals surface area contributed by atoms with Crippen molar-refractivity contribution in [3.63, 3.8) is 0 Å². The van der Waals surface area contributed by atoms with Crippen LogP contribution in [0, 0.1) is 11.8 Å². The van der Waals surface area contributed by atoms with Gasteiger partial charge in [0.2, 0.25) is 21.8 Å². The minimum absolute atomic E-state index is 0.0267. The molecule has 1 aromatic rings. The fourth-order valence-electron chi connectivity index (χ4n) is 4.46. The molecule has 1 atom stereocenters. The van der Waals surface area contributed by atoms with Crippen molar-refractivity contribution in [3.8, 4) is 0 Å². The zero-order chi connectivity index (χ0) is 23.8. The van der Waals surface area contributed by atoms with Gasteiger partial charge in [0, 0.05) is 37.8 Å². The molecule has 2 saturated heterocycles. The highest BCUT2D eigenvalue weighted by molar-refractivity contribution is 7.89. The number of anilines is 1. The maximum Gasteiger partial charge on any atom is 0.243 e. The van der Waals surface area contributed by atoms with Crippen molar-refractivity contribution in [2.75, 3.05) is 44.6 Å². The average molecular weight is 479 g/mol. The van der Waals surface area contributed by atoms with E-state index in [1.807, 2.05) is 13.8 Å². The maximum atomic E-state index is 12.9. The summed E-state index contributed by atoms with van der Waals surface area (Å²) >= 11 is 0. The number of nitrogens with one attached hydrogen (secondary N) is 2. The molecule has 2 amide bonds. The Morgan fingerprint density at radius 3 is 2.30 bits per heavy atom. The number of hydrogen-bond donors (Lipinski definition) is 2. The molecule has 9 heteroatoms. The second-order valence-corrected chi connectivity index (χ2v) is 11.5. The number of rotatable bonds is 8. The summed E-state index contributed by atoms with van der Waals surface area (Å²) in [4.78, 5) is 26.8. The number of likely N-dealkylation sites (tertiary alicyclic amines) is 1. The van der Waals surface area contributed by atoms with E-state index in [1.54, 1.807) is 28.6 Å². The largest absolute Gasteiger partial charge is 0.356 e. The fraction of sp³-hybridized carbons (Fsp3) is 0.667. The number of piperidine rings is 1. The lowest BCUT2D eigenvalue weighted by atomic mass is 9.97. The van der Waals surface area contributed by atoms with Crippen molar-refractivity contribution >= 4 is 27.5 Å². The minimum atomic E-state index is -3.49. The Hall–Kier alpha value is -1.97. The van der Waals surface area contributed by atoms with E-state index < -0.39 is 10.0 Å². The first-order chi connectivity index (χ1) is 15.8. The second-order valence-electron chi connectivity index (χ2n) is 9.53. The van der Waals surface area contributed by atoms with Crippen molar-refractivity contribution < 1.29 is 18.0 Å². The summed E-state index contributed by atoms with van der Waals surface area (Å²) in [6.07, 6.45) is 5.98. The van der Waals surface area contributed by atoms with Gasteiger partial charge in [-0.05, 0) is 62.4 Å². The Balaban J connectivity index is 1.49. The van der Waals surface area contributed by atoms with Gasteiger partial charge in [0.05, 0.1) is 11.4 Å². The predicted molar refractivity (Wildman–Crippen MR) is 129 cm³/mol. The van der Waals surface area contributed by atoms with E-state index in [1.165, 1.54) is 0 Å². The zero-order valence-corrected chi connectivity index (χ0v) is 20.7. The molecule has 3 rings (SSSR count). The lowest BCUT2D eigenvalue weighted by Gasteiger charge is -2.32. The molecule has 8 nitrogen and oxygen atoms in total. The third-order valence-electron chi connectivity index (χ3n) is 6.40. The summed E-state index contributed by atoms with van der Waals surface area (Å²) in [6, 6.07) is 6.46. The highest BCUT2D eigenvalue weighted by Gasteiger charge is 2.25. The Kier molecular flexibility index (Phi) is 9.28. The van der Waals surface area contributed by atoms with E-state index in [0.717, 1.165) is 51.6 Å². The monoisotopic (exact) mass is 478 g/mol. The lowest BCUT2D eigenvalue weighted by molar-refractivity contribution is -0.124. The molecule has 0 radical (unpaired) electrons. The summed E-state index contributed by atoms with van der Waals surface area (Å²) in [5.74, 6) is 0.259. The number of carbonyl (C=O) groups is 2. The van der Waals surface area contributed by atoms with Gasteiger partial charge in [-0.1, -0.05) is 26.7 Å². The Labute approximate surface area is 198 Å². The number of amides is 2. The summed E-state index contributed by atoms with van der Waals surface area (Å²) in [6.45, 7) is 7.45. The Bertz CT molecular complexity index is 894. The molecule has 0 bridgehead atoms. The van der Waals surface area contributed by atoms with Crippen LogP contribution >= 0.6 is 0 Å². The van der Waals surface area contributed by atoms with Crippen LogP contribution in [-0.4, -0.2) is 68.7 Å². The smallest absolute Gasteiger partial charge is 0.243 e. The first-order valence-corrected chi connectivity index (χ1v) is 13.6. The standard InChI is InChI=1S/C24H38N4O4S/c1-19(2)24(30)25-16-20-8-7-13-27(17-20)18-23(29)26-21-9-11-22(12-10-21)33(31,32)28-14-5-3-4-6-15-28/h9-12,19-20H,3-8,13-18H2,1-2H3,(H,25,30)(H,26,29). The molecule has 184 valence electrons. The van der Waals surface area contributed by atoms with Crippen LogP contribution in [0.3, 0.4) is 0 Å². The van der Waals surface area contributed by atoms with Crippen LogP contribution in [-0.2, 0) is 19.6 Å². The summed E-state index contributed by atoms with van der Waals surface area (Å²) in [7, 11) is -3.49. The third kappa shape index (κ3) is 7.52. The molecule has 2 aliphatic rings. The van der Waals surface area contributed by atoms with Crippen molar-refractivity contribution in [1.29, 1.82) is 0 Å². The van der Waals surface area contributed by atoms with Crippen LogP contribution in [0.2, 0.25) is 0 Å². The molecule has 2 fully saturated rings. The Morgan fingerprint density at radius 1 is 1.00 bits per heavy atom. The second kappa shape index (κ2) is 11.9. The highest BCUT2D eigenvalue weighted by Crippen LogP contribution is 2.22. The summed E-state index contributed by atoms with van der Waals surface area (Å²) < 4.78 is 27.4. The predicted octanol–water partition coefficient (Wildman–Crippen LogP) is 2.67. The van der Waals surface area contributed by atoms with Gasteiger partial charge in [0.25, 0.3) is 0 Å². The van der Waals surface area contributed by atoms with Crippen molar-refractivity contribution in [2.24, 2.45) is 11.8 Å². The van der Waals surface area contributed by atoms with Gasteiger partial charge in [-0.15, -0.1) is 0 Å². The third-order valence-corrected chi connectivity index (χ3v) is 8.31. The van der Waals surface area contributed by atoms with Crippen LogP contribution in [0.4, 0.5) is 5.69 Å². The van der Waals surface area contributed by atoms with Crippen LogP contribution in [0.1, 0.15) is 52.4 Å². The molecule has 0 aromatic heterocycles. The van der Waals surface area contributed by atoms with Crippen LogP contribution < -0.4 is 10.6 Å². The van der Waals surface area contributed by atoms with Gasteiger partial charge < -0.3 is 10.6 Å². The normalized spacial score (nSPS) is 20.9. The van der Waals surface area contributed by atoms with Gasteiger partial charge in [-0.3, -0.25) is 14.5 Å². The first kappa shape index (κ1) is 25.6. The molecule has 2 heterocycles. The lowest BCUT2D eigenvalue weighted by Crippen LogP contribution is -2.44. The van der Waals surface area contributed by atoms with E-state index >= 15 is 0 Å². The number of benzene rings is 1. The van der Waals surface area contributed by atoms with Crippen LogP contribution in [0.25, 0.3) is 0 Å². The topological polar surface area (TPSA) is 98.8 Å². The van der Waals surface area contributed by atoms with E-state index in [2.05, 4.69) is 15.5 Å². The Morgan fingerprint density at radius 2 is 1.67 bits per heavy atom. The molecular formula is C24H38N4O4S. The summed E-state index contributed by atoms with van der Waals surface area (Å²) in [5, 5.41) is 5.87. The first-order valence-electron chi connectivity index (χ1n) is 12.2. The minimum Gasteiger partial charge on any atom is -0.356 e. The van der Waals surface area contributed by atoms with Gasteiger partial charge in [0.15, 0.2) is 0 Å². The zero-order valence-electron chi connectivity index (χ0n) is 19.9. The average Bonchev–Trinajstić information content (AvgIpc) is 3.08. The maximum absolute atomic E-state index is 12.9. The fourth-order valence-corrected chi connectivity index (χ4v) is 5.97. The summed E-state index contributed by atoms with van der Waals surface area (Å²) in [5.41, 5.74) is 0.590. The van der Waals surface area contributed by atoms with Gasteiger partial charge in [-0.2, -0.15) is 4.31 Å². The molecule has 1 aromatic carbocycles. The van der Waals surface area contributed by atoms with E-state index in [-0.39, 0.29) is 29.2 Å². The van der Waals surface area contributed by atoms with E-state index in [0.29, 0.717) is 31.2 Å². The highest BCUT2D eigenvalue weighted by atomic mass is 32.2. The van der Waals surface area contributed by atoms with Crippen molar-refractivity contribution in [3.05, 3.63) is 24.3 Å². The number of carbonyl (C=O) groups excluding carboxylic acids is 2. The van der Waals surface area contributed by atoms with Gasteiger partial charge in [0.1, 0.15) is 0 Å². The number of nitrogens with zero attached hydrogens (tertiary/aromatic N) is 2. The van der Waals surface area contributed by atoms with Crippen molar-refractivity contribution in [2.45, 2.75) is 57.3 Å².